The number of carbonyl (C=O) groups is 2. The second kappa shape index (κ2) is 8.49. The first-order valence-corrected chi connectivity index (χ1v) is 8.79. The molecule has 0 radical (unpaired) electrons. The molecule has 136 valence electrons. The van der Waals surface area contributed by atoms with Crippen LogP contribution in [0.3, 0.4) is 0 Å². The zero-order valence-corrected chi connectivity index (χ0v) is 14.7. The molecular formula is C20H24N4O2. The van der Waals surface area contributed by atoms with Crippen molar-refractivity contribution in [3.63, 3.8) is 0 Å². The van der Waals surface area contributed by atoms with E-state index in [0.717, 1.165) is 37.4 Å². The van der Waals surface area contributed by atoms with Crippen molar-refractivity contribution in [1.29, 1.82) is 0 Å². The van der Waals surface area contributed by atoms with Gasteiger partial charge in [0, 0.05) is 44.0 Å². The first kappa shape index (κ1) is 17.9. The van der Waals surface area contributed by atoms with Crippen LogP contribution >= 0.6 is 0 Å². The highest BCUT2D eigenvalue weighted by Crippen LogP contribution is 2.17. The van der Waals surface area contributed by atoms with Gasteiger partial charge in [0.1, 0.15) is 0 Å². The van der Waals surface area contributed by atoms with E-state index in [1.807, 2.05) is 42.5 Å². The summed E-state index contributed by atoms with van der Waals surface area (Å²) in [6.07, 6.45) is 0. The van der Waals surface area contributed by atoms with Crippen LogP contribution in [0.4, 0.5) is 5.69 Å². The molecule has 0 aromatic heterocycles. The molecule has 2 aromatic rings. The summed E-state index contributed by atoms with van der Waals surface area (Å²) >= 11 is 0. The zero-order chi connectivity index (χ0) is 18.4. The molecule has 2 aromatic carbocycles. The van der Waals surface area contributed by atoms with Crippen LogP contribution < -0.4 is 16.0 Å². The summed E-state index contributed by atoms with van der Waals surface area (Å²) in [7, 11) is 0. The Bertz CT molecular complexity index is 738. The van der Waals surface area contributed by atoms with E-state index in [9.17, 15) is 9.59 Å². The predicted molar refractivity (Wildman–Crippen MR) is 102 cm³/mol. The van der Waals surface area contributed by atoms with Crippen LogP contribution in [-0.2, 0) is 11.3 Å². The molecule has 1 saturated heterocycles. The number of hydrogen-bond donors (Lipinski definition) is 2. The maximum Gasteiger partial charge on any atom is 0.248 e. The van der Waals surface area contributed by atoms with Crippen LogP contribution in [0.25, 0.3) is 0 Å². The lowest BCUT2D eigenvalue weighted by Crippen LogP contribution is -2.49. The Morgan fingerprint density at radius 1 is 0.923 bits per heavy atom. The number of nitrogens with two attached hydrogens (primary N) is 1. The van der Waals surface area contributed by atoms with Crippen LogP contribution in [0, 0.1) is 0 Å². The molecule has 1 aliphatic heterocycles. The van der Waals surface area contributed by atoms with Crippen LogP contribution in [-0.4, -0.2) is 49.4 Å². The number of anilines is 1. The molecule has 0 saturated carbocycles. The molecule has 26 heavy (non-hydrogen) atoms. The summed E-state index contributed by atoms with van der Waals surface area (Å²) in [5.41, 5.74) is 7.96. The number of hydrogen-bond acceptors (Lipinski definition) is 4. The van der Waals surface area contributed by atoms with Crippen LogP contribution in [0.5, 0.6) is 0 Å². The van der Waals surface area contributed by atoms with Gasteiger partial charge >= 0.3 is 0 Å². The second-order valence-corrected chi connectivity index (χ2v) is 6.44. The Balaban J connectivity index is 1.43. The van der Waals surface area contributed by atoms with Crippen molar-refractivity contribution in [3.05, 3.63) is 65.7 Å². The van der Waals surface area contributed by atoms with E-state index in [-0.39, 0.29) is 5.91 Å². The van der Waals surface area contributed by atoms with Crippen molar-refractivity contribution in [2.45, 2.75) is 6.54 Å². The number of rotatable bonds is 6. The summed E-state index contributed by atoms with van der Waals surface area (Å²) in [6.45, 7) is 4.34. The van der Waals surface area contributed by atoms with Crippen LogP contribution in [0.15, 0.2) is 54.6 Å². The number of nitrogens with zero attached hydrogens (tertiary/aromatic N) is 2. The van der Waals surface area contributed by atoms with Crippen molar-refractivity contribution in [2.75, 3.05) is 37.6 Å². The molecule has 1 fully saturated rings. The number of primary amides is 1. The molecule has 3 rings (SSSR count). The third kappa shape index (κ3) is 4.83. The van der Waals surface area contributed by atoms with E-state index >= 15 is 0 Å². The van der Waals surface area contributed by atoms with E-state index < -0.39 is 5.91 Å². The lowest BCUT2D eigenvalue weighted by molar-refractivity contribution is -0.122. The lowest BCUT2D eigenvalue weighted by atomic mass is 10.1. The molecule has 1 heterocycles. The molecule has 2 amide bonds. The third-order valence-corrected chi connectivity index (χ3v) is 4.59. The predicted octanol–water partition coefficient (Wildman–Crippen LogP) is 1.22. The van der Waals surface area contributed by atoms with Crippen molar-refractivity contribution in [3.8, 4) is 0 Å². The molecule has 0 spiro atoms. The maximum atomic E-state index is 12.1. The SMILES string of the molecule is NC(=O)c1ccc(N2CCN(CC(=O)NCc3ccccc3)CC2)cc1. The Hall–Kier alpha value is -2.86. The Labute approximate surface area is 153 Å². The largest absolute Gasteiger partial charge is 0.369 e. The molecule has 6 nitrogen and oxygen atoms in total. The minimum Gasteiger partial charge on any atom is -0.369 e. The molecule has 0 bridgehead atoms. The number of nitrogens with one attached hydrogen (secondary N) is 1. The molecule has 0 aliphatic carbocycles. The van der Waals surface area contributed by atoms with Crippen LogP contribution in [0.1, 0.15) is 15.9 Å². The third-order valence-electron chi connectivity index (χ3n) is 4.59. The number of piperazine rings is 1. The Kier molecular flexibility index (Phi) is 5.86. The minimum absolute atomic E-state index is 0.0492. The maximum absolute atomic E-state index is 12.1. The molecule has 0 unspecified atom stereocenters. The van der Waals surface area contributed by atoms with Gasteiger partial charge in [0.15, 0.2) is 0 Å². The molecule has 3 N–H and O–H groups in total. The van der Waals surface area contributed by atoms with Crippen molar-refractivity contribution >= 4 is 17.5 Å². The highest BCUT2D eigenvalue weighted by Gasteiger charge is 2.19. The van der Waals surface area contributed by atoms with Gasteiger partial charge in [-0.15, -0.1) is 0 Å². The summed E-state index contributed by atoms with van der Waals surface area (Å²) in [6, 6.07) is 17.2. The number of amides is 2. The molecule has 1 aliphatic rings. The molecule has 6 heteroatoms. The van der Waals surface area contributed by atoms with Gasteiger partial charge in [0.2, 0.25) is 11.8 Å². The fourth-order valence-corrected chi connectivity index (χ4v) is 3.06. The standard InChI is InChI=1S/C20H24N4O2/c21-20(26)17-6-8-18(9-7-17)24-12-10-23(11-13-24)15-19(25)22-14-16-4-2-1-3-5-16/h1-9H,10-15H2,(H2,21,26)(H,22,25). The van der Waals surface area contributed by atoms with Gasteiger partial charge in [-0.2, -0.15) is 0 Å². The minimum atomic E-state index is -0.414. The number of carbonyl (C=O) groups excluding carboxylic acids is 2. The van der Waals surface area contributed by atoms with Gasteiger partial charge in [-0.3, -0.25) is 14.5 Å². The topological polar surface area (TPSA) is 78.7 Å². The van der Waals surface area contributed by atoms with E-state index in [2.05, 4.69) is 15.1 Å². The van der Waals surface area contributed by atoms with Gasteiger partial charge in [-0.25, -0.2) is 0 Å². The van der Waals surface area contributed by atoms with Crippen LogP contribution in [0.2, 0.25) is 0 Å². The van der Waals surface area contributed by atoms with Gasteiger partial charge in [-0.05, 0) is 29.8 Å². The average Bonchev–Trinajstić information content (AvgIpc) is 2.68. The zero-order valence-electron chi connectivity index (χ0n) is 14.7. The fourth-order valence-electron chi connectivity index (χ4n) is 3.06. The average molecular weight is 352 g/mol. The summed E-state index contributed by atoms with van der Waals surface area (Å²) < 4.78 is 0. The summed E-state index contributed by atoms with van der Waals surface area (Å²) in [5, 5.41) is 2.97. The monoisotopic (exact) mass is 352 g/mol. The first-order valence-electron chi connectivity index (χ1n) is 8.79. The Morgan fingerprint density at radius 2 is 1.58 bits per heavy atom. The van der Waals surface area contributed by atoms with Gasteiger partial charge in [0.25, 0.3) is 0 Å². The summed E-state index contributed by atoms with van der Waals surface area (Å²) in [4.78, 5) is 27.7. The smallest absolute Gasteiger partial charge is 0.248 e. The van der Waals surface area contributed by atoms with Gasteiger partial charge in [0.05, 0.1) is 6.54 Å². The van der Waals surface area contributed by atoms with Crippen molar-refractivity contribution in [2.24, 2.45) is 5.73 Å². The molecular weight excluding hydrogens is 328 g/mol. The first-order chi connectivity index (χ1) is 12.6. The van der Waals surface area contributed by atoms with E-state index in [0.29, 0.717) is 18.7 Å². The van der Waals surface area contributed by atoms with E-state index in [4.69, 9.17) is 5.73 Å². The molecule has 0 atom stereocenters. The number of benzene rings is 2. The van der Waals surface area contributed by atoms with Gasteiger partial charge < -0.3 is 16.0 Å². The van der Waals surface area contributed by atoms with E-state index in [1.165, 1.54) is 0 Å². The van der Waals surface area contributed by atoms with Crippen molar-refractivity contribution in [1.82, 2.24) is 10.2 Å². The van der Waals surface area contributed by atoms with Gasteiger partial charge in [-0.1, -0.05) is 30.3 Å². The highest BCUT2D eigenvalue weighted by molar-refractivity contribution is 5.93. The Morgan fingerprint density at radius 3 is 2.19 bits per heavy atom. The fraction of sp³-hybridized carbons (Fsp3) is 0.300. The second-order valence-electron chi connectivity index (χ2n) is 6.44. The normalized spacial score (nSPS) is 14.8. The lowest BCUT2D eigenvalue weighted by Gasteiger charge is -2.35. The summed E-state index contributed by atoms with van der Waals surface area (Å²) in [5.74, 6) is -0.365. The highest BCUT2D eigenvalue weighted by atomic mass is 16.2. The van der Waals surface area contributed by atoms with E-state index in [1.54, 1.807) is 12.1 Å². The quantitative estimate of drug-likeness (QED) is 0.819. The van der Waals surface area contributed by atoms with Crippen molar-refractivity contribution < 1.29 is 9.59 Å².